The number of nitrogens with two attached hydrogens (primary N) is 1. The molecule has 1 amide bonds. The van der Waals surface area contributed by atoms with Crippen molar-refractivity contribution in [1.29, 1.82) is 0 Å². The summed E-state index contributed by atoms with van der Waals surface area (Å²) in [5.74, 6) is 1.32. The van der Waals surface area contributed by atoms with Crippen LogP contribution in [-0.2, 0) is 5.41 Å². The molecule has 3 aromatic rings. The lowest BCUT2D eigenvalue weighted by molar-refractivity contribution is 0.210. The van der Waals surface area contributed by atoms with E-state index in [1.54, 1.807) is 36.8 Å². The van der Waals surface area contributed by atoms with Crippen LogP contribution in [0.1, 0.15) is 44.9 Å². The number of carbonyl (C=O) groups is 1. The molecule has 3 rings (SSSR count). The van der Waals surface area contributed by atoms with Crippen LogP contribution in [-0.4, -0.2) is 21.0 Å². The summed E-state index contributed by atoms with van der Waals surface area (Å²) >= 11 is 0. The van der Waals surface area contributed by atoms with Crippen molar-refractivity contribution in [3.63, 3.8) is 0 Å². The second-order valence-corrected chi connectivity index (χ2v) is 8.03. The summed E-state index contributed by atoms with van der Waals surface area (Å²) in [6.07, 6.45) is 3.71. The minimum absolute atomic E-state index is 0.206. The number of carbonyl (C=O) groups excluding carboxylic acids is 1. The van der Waals surface area contributed by atoms with Gasteiger partial charge < -0.3 is 21.1 Å². The first-order valence-corrected chi connectivity index (χ1v) is 9.71. The van der Waals surface area contributed by atoms with Crippen molar-refractivity contribution < 1.29 is 13.9 Å². The summed E-state index contributed by atoms with van der Waals surface area (Å²) in [5, 5.41) is 6.40. The number of ether oxygens (including phenoxy) is 1. The Bertz CT molecular complexity index is 1050. The molecular formula is C22H25FN6O2. The van der Waals surface area contributed by atoms with E-state index in [2.05, 4.69) is 25.6 Å². The predicted molar refractivity (Wildman–Crippen MR) is 117 cm³/mol. The topological polar surface area (TPSA) is 115 Å². The molecule has 31 heavy (non-hydrogen) atoms. The van der Waals surface area contributed by atoms with E-state index >= 15 is 0 Å². The molecule has 0 aliphatic rings. The van der Waals surface area contributed by atoms with Gasteiger partial charge in [0.2, 0.25) is 0 Å². The molecule has 9 heteroatoms. The van der Waals surface area contributed by atoms with Crippen molar-refractivity contribution in [1.82, 2.24) is 15.0 Å². The van der Waals surface area contributed by atoms with Crippen LogP contribution in [0.25, 0.3) is 0 Å². The van der Waals surface area contributed by atoms with Crippen LogP contribution < -0.4 is 21.1 Å². The van der Waals surface area contributed by atoms with Crippen molar-refractivity contribution in [2.45, 2.75) is 39.2 Å². The van der Waals surface area contributed by atoms with Gasteiger partial charge in [0.15, 0.2) is 0 Å². The number of halogens is 1. The lowest BCUT2D eigenvalue weighted by atomic mass is 9.86. The quantitative estimate of drug-likeness (QED) is 0.526. The highest BCUT2D eigenvalue weighted by molar-refractivity contribution is 5.72. The van der Waals surface area contributed by atoms with Gasteiger partial charge in [-0.05, 0) is 30.0 Å². The zero-order chi connectivity index (χ0) is 22.6. The molecule has 0 saturated carbocycles. The van der Waals surface area contributed by atoms with Crippen LogP contribution in [0, 0.1) is 5.82 Å². The molecule has 0 aliphatic carbocycles. The number of aromatic nitrogens is 3. The molecule has 2 heterocycles. The fourth-order valence-corrected chi connectivity index (χ4v) is 3.14. The van der Waals surface area contributed by atoms with Crippen molar-refractivity contribution >= 4 is 23.5 Å². The van der Waals surface area contributed by atoms with E-state index in [9.17, 15) is 9.18 Å². The molecule has 0 unspecified atom stereocenters. The van der Waals surface area contributed by atoms with Crippen LogP contribution in [0.4, 0.5) is 26.6 Å². The molecule has 0 radical (unpaired) electrons. The fraction of sp³-hybridized carbons (Fsp3) is 0.273. The van der Waals surface area contributed by atoms with Gasteiger partial charge in [0.1, 0.15) is 29.0 Å². The van der Waals surface area contributed by atoms with Gasteiger partial charge >= 0.3 is 6.09 Å². The molecule has 0 fully saturated rings. The second kappa shape index (κ2) is 8.95. The summed E-state index contributed by atoms with van der Waals surface area (Å²) in [4.78, 5) is 24.5. The van der Waals surface area contributed by atoms with Gasteiger partial charge in [-0.3, -0.25) is 4.98 Å². The van der Waals surface area contributed by atoms with Gasteiger partial charge in [0.05, 0.1) is 6.20 Å². The molecule has 0 bridgehead atoms. The Hall–Kier alpha value is -3.75. The van der Waals surface area contributed by atoms with Crippen LogP contribution >= 0.6 is 0 Å². The van der Waals surface area contributed by atoms with E-state index in [1.165, 1.54) is 12.1 Å². The second-order valence-electron chi connectivity index (χ2n) is 8.03. The van der Waals surface area contributed by atoms with Crippen LogP contribution in [0.15, 0.2) is 48.9 Å². The van der Waals surface area contributed by atoms with Gasteiger partial charge in [0, 0.05) is 30.1 Å². The first kappa shape index (κ1) is 21.9. The van der Waals surface area contributed by atoms with E-state index in [0.717, 1.165) is 5.56 Å². The molecule has 0 aliphatic heterocycles. The van der Waals surface area contributed by atoms with Gasteiger partial charge in [-0.1, -0.05) is 32.9 Å². The lowest BCUT2D eigenvalue weighted by Crippen LogP contribution is -2.23. The maximum Gasteiger partial charge on any atom is 0.409 e. The SMILES string of the molecule is C[C@H](Nc1nc(Nc2cnccn2)cc(OC(N)=O)c1C(C)(C)C)c1ccc(F)cc1. The average Bonchev–Trinajstić information content (AvgIpc) is 2.67. The summed E-state index contributed by atoms with van der Waals surface area (Å²) in [7, 11) is 0. The van der Waals surface area contributed by atoms with Gasteiger partial charge in [-0.25, -0.2) is 19.2 Å². The van der Waals surface area contributed by atoms with Crippen molar-refractivity contribution in [2.24, 2.45) is 5.73 Å². The summed E-state index contributed by atoms with van der Waals surface area (Å²) in [6, 6.07) is 7.59. The Morgan fingerprint density at radius 2 is 1.87 bits per heavy atom. The third kappa shape index (κ3) is 5.65. The molecule has 1 aromatic carbocycles. The van der Waals surface area contributed by atoms with E-state index in [-0.39, 0.29) is 17.6 Å². The number of hydrogen-bond acceptors (Lipinski definition) is 7. The maximum absolute atomic E-state index is 13.3. The molecule has 0 saturated heterocycles. The van der Waals surface area contributed by atoms with E-state index in [1.807, 2.05) is 27.7 Å². The van der Waals surface area contributed by atoms with Crippen LogP contribution in [0.3, 0.4) is 0 Å². The predicted octanol–water partition coefficient (Wildman–Crippen LogP) is 4.68. The molecule has 8 nitrogen and oxygen atoms in total. The highest BCUT2D eigenvalue weighted by Gasteiger charge is 2.27. The minimum atomic E-state index is -0.931. The summed E-state index contributed by atoms with van der Waals surface area (Å²) < 4.78 is 18.6. The molecule has 4 N–H and O–H groups in total. The third-order valence-electron chi connectivity index (χ3n) is 4.49. The Morgan fingerprint density at radius 1 is 1.16 bits per heavy atom. The number of benzene rings is 1. The van der Waals surface area contributed by atoms with Crippen LogP contribution in [0.2, 0.25) is 0 Å². The lowest BCUT2D eigenvalue weighted by Gasteiger charge is -2.27. The Balaban J connectivity index is 2.07. The average molecular weight is 424 g/mol. The number of amides is 1. The largest absolute Gasteiger partial charge is 0.410 e. The number of nitrogens with one attached hydrogen (secondary N) is 2. The number of rotatable bonds is 6. The van der Waals surface area contributed by atoms with Gasteiger partial charge in [-0.2, -0.15) is 0 Å². The Morgan fingerprint density at radius 3 is 2.45 bits per heavy atom. The monoisotopic (exact) mass is 424 g/mol. The molecule has 162 valence electrons. The van der Waals surface area contributed by atoms with Crippen molar-refractivity contribution in [2.75, 3.05) is 10.6 Å². The van der Waals surface area contributed by atoms with E-state index < -0.39 is 11.5 Å². The zero-order valence-electron chi connectivity index (χ0n) is 17.8. The number of hydrogen-bond donors (Lipinski definition) is 3. The standard InChI is InChI=1S/C22H25FN6O2/c1-13(14-5-7-15(23)8-6-14)27-20-19(22(2,3)4)16(31-21(24)30)11-17(29-20)28-18-12-25-9-10-26-18/h5-13H,1-4H3,(H2,24,30)(H2,26,27,28,29)/t13-/m0/s1. The van der Waals surface area contributed by atoms with Crippen molar-refractivity contribution in [3.8, 4) is 5.75 Å². The summed E-state index contributed by atoms with van der Waals surface area (Å²) in [5.41, 5.74) is 6.42. The summed E-state index contributed by atoms with van der Waals surface area (Å²) in [6.45, 7) is 7.85. The highest BCUT2D eigenvalue weighted by Crippen LogP contribution is 2.39. The zero-order valence-corrected chi connectivity index (χ0v) is 17.8. The first-order chi connectivity index (χ1) is 14.6. The third-order valence-corrected chi connectivity index (χ3v) is 4.49. The van der Waals surface area contributed by atoms with E-state index in [4.69, 9.17) is 10.5 Å². The minimum Gasteiger partial charge on any atom is -0.410 e. The normalized spacial score (nSPS) is 12.2. The van der Waals surface area contributed by atoms with Gasteiger partial charge in [-0.15, -0.1) is 0 Å². The number of anilines is 3. The fourth-order valence-electron chi connectivity index (χ4n) is 3.14. The Labute approximate surface area is 180 Å². The molecular weight excluding hydrogens is 399 g/mol. The number of pyridine rings is 1. The highest BCUT2D eigenvalue weighted by atomic mass is 19.1. The Kier molecular flexibility index (Phi) is 6.33. The van der Waals surface area contributed by atoms with Crippen LogP contribution in [0.5, 0.6) is 5.75 Å². The smallest absolute Gasteiger partial charge is 0.409 e. The molecule has 0 spiro atoms. The number of nitrogens with zero attached hydrogens (tertiary/aromatic N) is 3. The van der Waals surface area contributed by atoms with Crippen molar-refractivity contribution in [3.05, 3.63) is 65.9 Å². The van der Waals surface area contributed by atoms with Gasteiger partial charge in [0.25, 0.3) is 0 Å². The first-order valence-electron chi connectivity index (χ1n) is 9.71. The van der Waals surface area contributed by atoms with E-state index in [0.29, 0.717) is 23.0 Å². The number of primary amides is 1. The molecule has 2 aromatic heterocycles. The maximum atomic E-state index is 13.3. The molecule has 1 atom stereocenters.